The Morgan fingerprint density at radius 3 is 2.65 bits per heavy atom. The molecule has 2 aromatic heterocycles. The third-order valence-electron chi connectivity index (χ3n) is 3.17. The van der Waals surface area contributed by atoms with Crippen molar-refractivity contribution < 1.29 is 0 Å². The van der Waals surface area contributed by atoms with Crippen LogP contribution in [0.15, 0.2) is 59.7 Å². The number of hydrogen-bond donors (Lipinski definition) is 0. The fraction of sp³-hybridized carbons (Fsp3) is 0.0588. The van der Waals surface area contributed by atoms with Crippen LogP contribution in [-0.4, -0.2) is 9.38 Å². The smallest absolute Gasteiger partial charge is 0.265 e. The number of benzene rings is 1. The first kappa shape index (κ1) is 12.4. The molecule has 0 bridgehead atoms. The molecule has 0 aliphatic heterocycles. The molecule has 0 aliphatic carbocycles. The van der Waals surface area contributed by atoms with Gasteiger partial charge in [-0.2, -0.15) is 0 Å². The summed E-state index contributed by atoms with van der Waals surface area (Å²) in [4.78, 5) is 16.6. The molecule has 0 saturated carbocycles. The largest absolute Gasteiger partial charge is 0.268 e. The molecule has 0 amide bonds. The van der Waals surface area contributed by atoms with E-state index in [1.54, 1.807) is 22.9 Å². The number of pyridine rings is 1. The molecule has 3 nitrogen and oxygen atoms in total. The summed E-state index contributed by atoms with van der Waals surface area (Å²) in [5.74, 6) is 0. The zero-order chi connectivity index (χ0) is 13.9. The topological polar surface area (TPSA) is 34.4 Å². The van der Waals surface area contributed by atoms with Crippen molar-refractivity contribution in [3.63, 3.8) is 0 Å². The summed E-state index contributed by atoms with van der Waals surface area (Å²) in [6, 6.07) is 13.6. The highest BCUT2D eigenvalue weighted by molar-refractivity contribution is 5.69. The van der Waals surface area contributed by atoms with Crippen molar-refractivity contribution >= 4 is 17.8 Å². The molecular weight excluding hydrogens is 248 g/mol. The molecule has 3 heteroatoms. The van der Waals surface area contributed by atoms with Gasteiger partial charge in [-0.3, -0.25) is 9.20 Å². The van der Waals surface area contributed by atoms with Gasteiger partial charge < -0.3 is 0 Å². The second-order valence-electron chi connectivity index (χ2n) is 4.69. The molecular formula is C17H14N2O. The minimum atomic E-state index is -0.0565. The van der Waals surface area contributed by atoms with E-state index in [2.05, 4.69) is 4.98 Å². The standard InChI is InChI=1S/C17H14N2O/c1-13-5-7-14(8-6-13)9-10-15-12-18-16-4-2-3-11-19(16)17(15)20/h2-12H,1H3/b10-9+. The molecule has 0 saturated heterocycles. The van der Waals surface area contributed by atoms with E-state index in [9.17, 15) is 4.79 Å². The van der Waals surface area contributed by atoms with Gasteiger partial charge in [0, 0.05) is 12.4 Å². The van der Waals surface area contributed by atoms with Crippen LogP contribution < -0.4 is 5.56 Å². The number of nitrogens with zero attached hydrogens (tertiary/aromatic N) is 2. The SMILES string of the molecule is Cc1ccc(/C=C/c2cnc3ccccn3c2=O)cc1. The summed E-state index contributed by atoms with van der Waals surface area (Å²) in [6.45, 7) is 2.05. The highest BCUT2D eigenvalue weighted by Crippen LogP contribution is 2.07. The van der Waals surface area contributed by atoms with E-state index in [0.29, 0.717) is 11.2 Å². The van der Waals surface area contributed by atoms with E-state index in [1.165, 1.54) is 5.56 Å². The maximum atomic E-state index is 12.3. The van der Waals surface area contributed by atoms with Crippen molar-refractivity contribution in [3.05, 3.63) is 81.9 Å². The summed E-state index contributed by atoms with van der Waals surface area (Å²) in [5.41, 5.74) is 3.46. The molecule has 0 atom stereocenters. The van der Waals surface area contributed by atoms with Crippen LogP contribution in [0.25, 0.3) is 17.8 Å². The van der Waals surface area contributed by atoms with E-state index < -0.39 is 0 Å². The fourth-order valence-electron chi connectivity index (χ4n) is 2.02. The predicted octanol–water partition coefficient (Wildman–Crippen LogP) is 3.17. The van der Waals surface area contributed by atoms with E-state index in [0.717, 1.165) is 5.56 Å². The lowest BCUT2D eigenvalue weighted by Crippen LogP contribution is -2.16. The Balaban J connectivity index is 2.01. The van der Waals surface area contributed by atoms with Gasteiger partial charge in [0.25, 0.3) is 5.56 Å². The Hall–Kier alpha value is -2.68. The molecule has 3 aromatic rings. The van der Waals surface area contributed by atoms with Crippen molar-refractivity contribution in [2.75, 3.05) is 0 Å². The minimum Gasteiger partial charge on any atom is -0.268 e. The summed E-state index contributed by atoms with van der Waals surface area (Å²) in [7, 11) is 0. The van der Waals surface area contributed by atoms with Gasteiger partial charge in [0.15, 0.2) is 0 Å². The highest BCUT2D eigenvalue weighted by atomic mass is 16.1. The lowest BCUT2D eigenvalue weighted by atomic mass is 10.1. The van der Waals surface area contributed by atoms with E-state index in [4.69, 9.17) is 0 Å². The monoisotopic (exact) mass is 262 g/mol. The van der Waals surface area contributed by atoms with Crippen LogP contribution in [0.4, 0.5) is 0 Å². The Morgan fingerprint density at radius 1 is 1.05 bits per heavy atom. The van der Waals surface area contributed by atoms with Gasteiger partial charge in [0.2, 0.25) is 0 Å². The van der Waals surface area contributed by atoms with Gasteiger partial charge in [0.05, 0.1) is 5.56 Å². The van der Waals surface area contributed by atoms with Crippen molar-refractivity contribution in [1.82, 2.24) is 9.38 Å². The van der Waals surface area contributed by atoms with Crippen LogP contribution in [0, 0.1) is 6.92 Å². The predicted molar refractivity (Wildman–Crippen MR) is 81.6 cm³/mol. The Morgan fingerprint density at radius 2 is 1.85 bits per heavy atom. The van der Waals surface area contributed by atoms with Gasteiger partial charge in [0.1, 0.15) is 5.65 Å². The molecule has 0 fully saturated rings. The lowest BCUT2D eigenvalue weighted by molar-refractivity contribution is 1.04. The third kappa shape index (κ3) is 2.38. The highest BCUT2D eigenvalue weighted by Gasteiger charge is 2.00. The van der Waals surface area contributed by atoms with E-state index in [-0.39, 0.29) is 5.56 Å². The second kappa shape index (κ2) is 5.13. The lowest BCUT2D eigenvalue weighted by Gasteiger charge is -2.00. The van der Waals surface area contributed by atoms with Crippen LogP contribution in [-0.2, 0) is 0 Å². The molecule has 0 aliphatic rings. The summed E-state index contributed by atoms with van der Waals surface area (Å²) >= 11 is 0. The molecule has 20 heavy (non-hydrogen) atoms. The molecule has 1 aromatic carbocycles. The van der Waals surface area contributed by atoms with Gasteiger partial charge >= 0.3 is 0 Å². The first-order valence-electron chi connectivity index (χ1n) is 6.45. The van der Waals surface area contributed by atoms with Crippen LogP contribution in [0.1, 0.15) is 16.7 Å². The van der Waals surface area contributed by atoms with Crippen LogP contribution in [0.5, 0.6) is 0 Å². The van der Waals surface area contributed by atoms with Gasteiger partial charge in [-0.25, -0.2) is 4.98 Å². The first-order chi connectivity index (χ1) is 9.74. The number of rotatable bonds is 2. The Labute approximate surface area is 116 Å². The van der Waals surface area contributed by atoms with Crippen molar-refractivity contribution in [2.24, 2.45) is 0 Å². The molecule has 0 radical (unpaired) electrons. The molecule has 0 spiro atoms. The number of hydrogen-bond acceptors (Lipinski definition) is 2. The maximum absolute atomic E-state index is 12.3. The second-order valence-corrected chi connectivity index (χ2v) is 4.69. The van der Waals surface area contributed by atoms with Crippen LogP contribution in [0.2, 0.25) is 0 Å². The average molecular weight is 262 g/mol. The average Bonchev–Trinajstić information content (AvgIpc) is 2.49. The normalized spacial score (nSPS) is 11.2. The minimum absolute atomic E-state index is 0.0565. The Kier molecular flexibility index (Phi) is 3.17. The van der Waals surface area contributed by atoms with Gasteiger partial charge in [-0.1, -0.05) is 42.0 Å². The summed E-state index contributed by atoms with van der Waals surface area (Å²) < 4.78 is 1.55. The molecule has 0 N–H and O–H groups in total. The fourth-order valence-corrected chi connectivity index (χ4v) is 2.02. The van der Waals surface area contributed by atoms with Crippen molar-refractivity contribution in [3.8, 4) is 0 Å². The van der Waals surface area contributed by atoms with E-state index >= 15 is 0 Å². The van der Waals surface area contributed by atoms with Gasteiger partial charge in [-0.15, -0.1) is 0 Å². The van der Waals surface area contributed by atoms with Crippen molar-refractivity contribution in [2.45, 2.75) is 6.92 Å². The van der Waals surface area contributed by atoms with E-state index in [1.807, 2.05) is 55.5 Å². The molecule has 98 valence electrons. The first-order valence-corrected chi connectivity index (χ1v) is 6.45. The third-order valence-corrected chi connectivity index (χ3v) is 3.17. The zero-order valence-corrected chi connectivity index (χ0v) is 11.2. The number of fused-ring (bicyclic) bond motifs is 1. The number of aromatic nitrogens is 2. The molecule has 0 unspecified atom stereocenters. The molecule has 2 heterocycles. The van der Waals surface area contributed by atoms with Crippen LogP contribution >= 0.6 is 0 Å². The van der Waals surface area contributed by atoms with Crippen LogP contribution in [0.3, 0.4) is 0 Å². The van der Waals surface area contributed by atoms with Crippen molar-refractivity contribution in [1.29, 1.82) is 0 Å². The Bertz CT molecular complexity index is 829. The quantitative estimate of drug-likeness (QED) is 0.711. The van der Waals surface area contributed by atoms with Gasteiger partial charge in [-0.05, 0) is 30.7 Å². The summed E-state index contributed by atoms with van der Waals surface area (Å²) in [6.07, 6.45) is 7.07. The zero-order valence-electron chi connectivity index (χ0n) is 11.2. The maximum Gasteiger partial charge on any atom is 0.265 e. The molecule has 3 rings (SSSR count). The summed E-state index contributed by atoms with van der Waals surface area (Å²) in [5, 5.41) is 0. The number of aryl methyl sites for hydroxylation is 1.